The van der Waals surface area contributed by atoms with Gasteiger partial charge in [-0.2, -0.15) is 0 Å². The molecule has 0 aliphatic carbocycles. The van der Waals surface area contributed by atoms with Crippen molar-refractivity contribution in [2.45, 2.75) is 19.0 Å². The largest absolute Gasteiger partial charge is 0.343 e. The summed E-state index contributed by atoms with van der Waals surface area (Å²) in [7, 11) is 0. The molecule has 0 saturated carbocycles. The molecule has 0 spiro atoms. The Labute approximate surface area is 133 Å². The number of rotatable bonds is 1. The predicted molar refractivity (Wildman–Crippen MR) is 80.5 cm³/mol. The Morgan fingerprint density at radius 1 is 1.23 bits per heavy atom. The molecule has 7 heteroatoms. The van der Waals surface area contributed by atoms with Gasteiger partial charge in [-0.05, 0) is 31.2 Å². The lowest BCUT2D eigenvalue weighted by molar-refractivity contribution is -0.151. The monoisotopic (exact) mass is 321 g/mol. The zero-order valence-electron chi connectivity index (χ0n) is 12.1. The van der Waals surface area contributed by atoms with Gasteiger partial charge in [0.15, 0.2) is 0 Å². The van der Waals surface area contributed by atoms with Crippen LogP contribution in [0.4, 0.5) is 0 Å². The third kappa shape index (κ3) is 2.54. The maximum Gasteiger partial charge on any atom is 0.254 e. The highest BCUT2D eigenvalue weighted by atomic mass is 35.5. The molecule has 2 saturated heterocycles. The minimum Gasteiger partial charge on any atom is -0.343 e. The van der Waals surface area contributed by atoms with Gasteiger partial charge in [0.2, 0.25) is 11.8 Å². The molecule has 1 N–H and O–H groups in total. The van der Waals surface area contributed by atoms with Crippen molar-refractivity contribution in [2.24, 2.45) is 0 Å². The highest BCUT2D eigenvalue weighted by Crippen LogP contribution is 2.18. The summed E-state index contributed by atoms with van der Waals surface area (Å²) in [5, 5.41) is 3.21. The van der Waals surface area contributed by atoms with Crippen molar-refractivity contribution in [3.63, 3.8) is 0 Å². The van der Waals surface area contributed by atoms with E-state index in [2.05, 4.69) is 5.32 Å². The second-order valence-electron chi connectivity index (χ2n) is 5.54. The smallest absolute Gasteiger partial charge is 0.254 e. The van der Waals surface area contributed by atoms with Crippen LogP contribution in [0, 0.1) is 0 Å². The van der Waals surface area contributed by atoms with Crippen LogP contribution in [0.2, 0.25) is 5.02 Å². The average Bonchev–Trinajstić information content (AvgIpc) is 2.52. The van der Waals surface area contributed by atoms with Crippen LogP contribution in [0.25, 0.3) is 0 Å². The Morgan fingerprint density at radius 2 is 1.91 bits per heavy atom. The first kappa shape index (κ1) is 14.8. The Kier molecular flexibility index (Phi) is 3.78. The summed E-state index contributed by atoms with van der Waals surface area (Å²) >= 11 is 5.82. The van der Waals surface area contributed by atoms with Crippen LogP contribution in [0.3, 0.4) is 0 Å². The van der Waals surface area contributed by atoms with E-state index in [-0.39, 0.29) is 24.3 Å². The quantitative estimate of drug-likeness (QED) is 0.819. The maximum atomic E-state index is 12.5. The minimum absolute atomic E-state index is 0.0943. The number of piperazine rings is 2. The van der Waals surface area contributed by atoms with Crippen molar-refractivity contribution in [3.05, 3.63) is 34.9 Å². The molecule has 0 radical (unpaired) electrons. The number of amides is 3. The number of nitrogens with zero attached hydrogens (tertiary/aromatic N) is 2. The number of benzene rings is 1. The van der Waals surface area contributed by atoms with E-state index in [0.717, 1.165) is 0 Å². The van der Waals surface area contributed by atoms with Gasteiger partial charge in [-0.25, -0.2) is 0 Å². The molecule has 2 aliphatic rings. The number of halogens is 1. The van der Waals surface area contributed by atoms with Crippen molar-refractivity contribution < 1.29 is 14.4 Å². The van der Waals surface area contributed by atoms with Crippen LogP contribution in [-0.2, 0) is 9.59 Å². The van der Waals surface area contributed by atoms with E-state index in [9.17, 15) is 14.4 Å². The standard InChI is InChI=1S/C15H16ClN3O3/c1-9-14(21)19-7-6-18(8-12(19)13(20)17-9)15(22)10-2-4-11(16)5-3-10/h2-5,9,12H,6-8H2,1H3,(H,17,20)/t9-,12-/m1/s1. The van der Waals surface area contributed by atoms with Crippen molar-refractivity contribution >= 4 is 29.3 Å². The number of hydrogen-bond donors (Lipinski definition) is 1. The van der Waals surface area contributed by atoms with Crippen LogP contribution >= 0.6 is 11.6 Å². The zero-order valence-corrected chi connectivity index (χ0v) is 12.8. The second-order valence-corrected chi connectivity index (χ2v) is 5.97. The summed E-state index contributed by atoms with van der Waals surface area (Å²) in [5.41, 5.74) is 0.522. The number of hydrogen-bond acceptors (Lipinski definition) is 3. The SMILES string of the molecule is C[C@H]1NC(=O)[C@H]2CN(C(=O)c3ccc(Cl)cc3)CCN2C1=O. The molecular weight excluding hydrogens is 306 g/mol. The van der Waals surface area contributed by atoms with E-state index in [1.165, 1.54) is 0 Å². The minimum atomic E-state index is -0.603. The van der Waals surface area contributed by atoms with Crippen molar-refractivity contribution in [1.29, 1.82) is 0 Å². The molecule has 1 aromatic rings. The van der Waals surface area contributed by atoms with Crippen LogP contribution < -0.4 is 5.32 Å². The van der Waals surface area contributed by atoms with Gasteiger partial charge in [0, 0.05) is 23.7 Å². The molecule has 1 aromatic carbocycles. The van der Waals surface area contributed by atoms with E-state index in [0.29, 0.717) is 23.7 Å². The number of carbonyl (C=O) groups is 3. The molecule has 22 heavy (non-hydrogen) atoms. The fourth-order valence-corrected chi connectivity index (χ4v) is 2.98. The van der Waals surface area contributed by atoms with Gasteiger partial charge in [0.25, 0.3) is 5.91 Å². The Bertz CT molecular complexity index is 631. The fourth-order valence-electron chi connectivity index (χ4n) is 2.85. The molecule has 0 bridgehead atoms. The predicted octanol–water partition coefficient (Wildman–Crippen LogP) is 0.511. The molecule has 2 aliphatic heterocycles. The first-order chi connectivity index (χ1) is 10.5. The molecule has 2 fully saturated rings. The van der Waals surface area contributed by atoms with Gasteiger partial charge in [-0.3, -0.25) is 14.4 Å². The normalized spacial score (nSPS) is 24.8. The first-order valence-corrected chi connectivity index (χ1v) is 7.51. The van der Waals surface area contributed by atoms with E-state index in [1.807, 2.05) is 0 Å². The van der Waals surface area contributed by atoms with Gasteiger partial charge < -0.3 is 15.1 Å². The van der Waals surface area contributed by atoms with E-state index in [1.54, 1.807) is 41.0 Å². The van der Waals surface area contributed by atoms with Gasteiger partial charge in [-0.1, -0.05) is 11.6 Å². The highest BCUT2D eigenvalue weighted by Gasteiger charge is 2.42. The molecule has 3 amide bonds. The van der Waals surface area contributed by atoms with Crippen molar-refractivity contribution in [1.82, 2.24) is 15.1 Å². The lowest BCUT2D eigenvalue weighted by Crippen LogP contribution is -2.69. The second kappa shape index (κ2) is 5.61. The van der Waals surface area contributed by atoms with Crippen LogP contribution in [0.1, 0.15) is 17.3 Å². The molecule has 2 heterocycles. The molecule has 6 nitrogen and oxygen atoms in total. The number of nitrogens with one attached hydrogen (secondary N) is 1. The molecular formula is C15H16ClN3O3. The van der Waals surface area contributed by atoms with Gasteiger partial charge in [0.1, 0.15) is 12.1 Å². The molecule has 2 atom stereocenters. The van der Waals surface area contributed by atoms with Gasteiger partial charge in [-0.15, -0.1) is 0 Å². The number of carbonyl (C=O) groups excluding carboxylic acids is 3. The van der Waals surface area contributed by atoms with Gasteiger partial charge in [0.05, 0.1) is 6.54 Å². The lowest BCUT2D eigenvalue weighted by Gasteiger charge is -2.44. The first-order valence-electron chi connectivity index (χ1n) is 7.13. The molecule has 3 rings (SSSR count). The maximum absolute atomic E-state index is 12.5. The fraction of sp³-hybridized carbons (Fsp3) is 0.400. The summed E-state index contributed by atoms with van der Waals surface area (Å²) in [4.78, 5) is 39.8. The Morgan fingerprint density at radius 3 is 2.59 bits per heavy atom. The van der Waals surface area contributed by atoms with Crippen LogP contribution in [0.5, 0.6) is 0 Å². The molecule has 0 aromatic heterocycles. The number of fused-ring (bicyclic) bond motifs is 1. The van der Waals surface area contributed by atoms with E-state index in [4.69, 9.17) is 11.6 Å². The summed E-state index contributed by atoms with van der Waals surface area (Å²) in [6.07, 6.45) is 0. The van der Waals surface area contributed by atoms with E-state index >= 15 is 0 Å². The Hall–Kier alpha value is -2.08. The molecule has 116 valence electrons. The lowest BCUT2D eigenvalue weighted by atomic mass is 10.0. The Balaban J connectivity index is 1.76. The van der Waals surface area contributed by atoms with Gasteiger partial charge >= 0.3 is 0 Å². The molecule has 0 unspecified atom stereocenters. The third-order valence-electron chi connectivity index (χ3n) is 4.07. The highest BCUT2D eigenvalue weighted by molar-refractivity contribution is 6.30. The summed E-state index contributed by atoms with van der Waals surface area (Å²) in [6, 6.07) is 5.53. The zero-order chi connectivity index (χ0) is 15.9. The summed E-state index contributed by atoms with van der Waals surface area (Å²) in [5.74, 6) is -0.459. The van der Waals surface area contributed by atoms with Crippen LogP contribution in [-0.4, -0.2) is 59.2 Å². The van der Waals surface area contributed by atoms with Crippen molar-refractivity contribution in [2.75, 3.05) is 19.6 Å². The topological polar surface area (TPSA) is 69.7 Å². The van der Waals surface area contributed by atoms with Crippen molar-refractivity contribution in [3.8, 4) is 0 Å². The summed E-state index contributed by atoms with van der Waals surface area (Å²) in [6.45, 7) is 2.68. The van der Waals surface area contributed by atoms with Crippen LogP contribution in [0.15, 0.2) is 24.3 Å². The third-order valence-corrected chi connectivity index (χ3v) is 4.33. The average molecular weight is 322 g/mol. The summed E-state index contributed by atoms with van der Waals surface area (Å²) < 4.78 is 0. The van der Waals surface area contributed by atoms with E-state index < -0.39 is 12.1 Å².